The molecule has 0 radical (unpaired) electrons. The van der Waals surface area contributed by atoms with Crippen molar-refractivity contribution in [3.63, 3.8) is 0 Å². The molecule has 0 amide bonds. The summed E-state index contributed by atoms with van der Waals surface area (Å²) in [6.45, 7) is 14.3. The van der Waals surface area contributed by atoms with Gasteiger partial charge in [0.2, 0.25) is 0 Å². The molecule has 1 fully saturated rings. The third-order valence-corrected chi connectivity index (χ3v) is 5.72. The van der Waals surface area contributed by atoms with Gasteiger partial charge in [0.1, 0.15) is 0 Å². The van der Waals surface area contributed by atoms with E-state index in [0.29, 0.717) is 0 Å². The van der Waals surface area contributed by atoms with Crippen LogP contribution >= 0.6 is 0 Å². The van der Waals surface area contributed by atoms with Gasteiger partial charge in [0.05, 0.1) is 0 Å². The van der Waals surface area contributed by atoms with Crippen molar-refractivity contribution in [1.82, 2.24) is 4.90 Å². The molecule has 2 aliphatic rings. The first-order valence-electron chi connectivity index (χ1n) is 9.60. The van der Waals surface area contributed by atoms with Crippen molar-refractivity contribution in [1.29, 1.82) is 0 Å². The van der Waals surface area contributed by atoms with Gasteiger partial charge >= 0.3 is 0 Å². The molecule has 0 spiro atoms. The number of allylic oxidation sites excluding steroid dienone is 3. The number of rotatable bonds is 6. The Kier molecular flexibility index (Phi) is 6.59. The first kappa shape index (κ1) is 17.6. The summed E-state index contributed by atoms with van der Waals surface area (Å²) < 4.78 is 0. The molecule has 1 aliphatic carbocycles. The van der Waals surface area contributed by atoms with Crippen molar-refractivity contribution in [3.05, 3.63) is 23.4 Å². The highest BCUT2D eigenvalue weighted by Gasteiger charge is 2.23. The van der Waals surface area contributed by atoms with Crippen LogP contribution in [0.3, 0.4) is 0 Å². The molecule has 0 aromatic rings. The van der Waals surface area contributed by atoms with E-state index in [9.17, 15) is 0 Å². The Morgan fingerprint density at radius 1 is 1.14 bits per heavy atom. The van der Waals surface area contributed by atoms with Crippen molar-refractivity contribution in [3.8, 4) is 0 Å². The third-order valence-electron chi connectivity index (χ3n) is 5.72. The summed E-state index contributed by atoms with van der Waals surface area (Å²) in [4.78, 5) is 2.64. The van der Waals surface area contributed by atoms with Gasteiger partial charge in [-0.2, -0.15) is 0 Å². The lowest BCUT2D eigenvalue weighted by molar-refractivity contribution is 0.217. The minimum atomic E-state index is 0.761. The van der Waals surface area contributed by atoms with E-state index in [0.717, 1.165) is 23.7 Å². The smallest absolute Gasteiger partial charge is 0.0325 e. The fraction of sp³-hybridized carbons (Fsp3) is 0.810. The molecule has 1 unspecified atom stereocenters. The molecule has 1 nitrogen and oxygen atoms in total. The SMILES string of the molecule is CC1=CC(N2CCC(CCCC(C)C)CC2)=CCC1C(C)C. The number of likely N-dealkylation sites (tertiary alicyclic amines) is 1. The summed E-state index contributed by atoms with van der Waals surface area (Å²) in [5.74, 6) is 3.38. The molecule has 1 aliphatic heterocycles. The average Bonchev–Trinajstić information content (AvgIpc) is 2.47. The summed E-state index contributed by atoms with van der Waals surface area (Å²) in [5, 5.41) is 0. The summed E-state index contributed by atoms with van der Waals surface area (Å²) in [6, 6.07) is 0. The maximum Gasteiger partial charge on any atom is 0.0325 e. The Hall–Kier alpha value is -0.720. The molecule has 2 rings (SSSR count). The van der Waals surface area contributed by atoms with Gasteiger partial charge in [0.25, 0.3) is 0 Å². The van der Waals surface area contributed by atoms with Crippen molar-refractivity contribution >= 4 is 0 Å². The van der Waals surface area contributed by atoms with Crippen LogP contribution in [0.15, 0.2) is 23.4 Å². The van der Waals surface area contributed by atoms with Crippen molar-refractivity contribution in [2.75, 3.05) is 13.1 Å². The molecule has 0 aromatic heterocycles. The highest BCUT2D eigenvalue weighted by atomic mass is 15.1. The first-order chi connectivity index (χ1) is 10.5. The predicted molar refractivity (Wildman–Crippen MR) is 97.8 cm³/mol. The molecule has 1 saturated heterocycles. The Bertz CT molecular complexity index is 394. The van der Waals surface area contributed by atoms with Crippen molar-refractivity contribution in [2.24, 2.45) is 23.7 Å². The normalized spacial score (nSPS) is 24.0. The van der Waals surface area contributed by atoms with Crippen LogP contribution in [0, 0.1) is 23.7 Å². The lowest BCUT2D eigenvalue weighted by Gasteiger charge is -2.37. The van der Waals surface area contributed by atoms with Gasteiger partial charge in [-0.3, -0.25) is 0 Å². The fourth-order valence-electron chi connectivity index (χ4n) is 4.15. The summed E-state index contributed by atoms with van der Waals surface area (Å²) in [6.07, 6.45) is 13.3. The third kappa shape index (κ3) is 4.89. The van der Waals surface area contributed by atoms with E-state index in [1.807, 2.05) is 0 Å². The molecule has 0 saturated carbocycles. The fourth-order valence-corrected chi connectivity index (χ4v) is 4.15. The van der Waals surface area contributed by atoms with Gasteiger partial charge in [0.15, 0.2) is 0 Å². The number of hydrogen-bond acceptors (Lipinski definition) is 1. The Morgan fingerprint density at radius 2 is 1.82 bits per heavy atom. The highest BCUT2D eigenvalue weighted by molar-refractivity contribution is 5.28. The molecule has 1 heterocycles. The Labute approximate surface area is 138 Å². The number of hydrogen-bond donors (Lipinski definition) is 0. The maximum absolute atomic E-state index is 2.64. The molecule has 0 N–H and O–H groups in total. The van der Waals surface area contributed by atoms with Crippen LogP contribution in [0.2, 0.25) is 0 Å². The molecule has 0 bridgehead atoms. The van der Waals surface area contributed by atoms with Crippen molar-refractivity contribution in [2.45, 2.75) is 73.1 Å². The second-order valence-corrected chi connectivity index (χ2v) is 8.36. The van der Waals surface area contributed by atoms with Crippen LogP contribution in [0.5, 0.6) is 0 Å². The van der Waals surface area contributed by atoms with E-state index in [4.69, 9.17) is 0 Å². The Morgan fingerprint density at radius 3 is 2.36 bits per heavy atom. The zero-order chi connectivity index (χ0) is 16.1. The lowest BCUT2D eigenvalue weighted by atomic mass is 9.82. The van der Waals surface area contributed by atoms with E-state index in [-0.39, 0.29) is 0 Å². The molecule has 126 valence electrons. The monoisotopic (exact) mass is 303 g/mol. The maximum atomic E-state index is 2.64. The van der Waals surface area contributed by atoms with E-state index in [1.54, 1.807) is 5.57 Å². The molecule has 1 atom stereocenters. The van der Waals surface area contributed by atoms with E-state index in [1.165, 1.54) is 57.3 Å². The van der Waals surface area contributed by atoms with Crippen LogP contribution in [0.4, 0.5) is 0 Å². The van der Waals surface area contributed by atoms with E-state index < -0.39 is 0 Å². The van der Waals surface area contributed by atoms with Crippen molar-refractivity contribution < 1.29 is 0 Å². The quantitative estimate of drug-likeness (QED) is 0.579. The summed E-state index contributed by atoms with van der Waals surface area (Å²) in [5.41, 5.74) is 3.10. The van der Waals surface area contributed by atoms with Gasteiger partial charge in [-0.05, 0) is 55.9 Å². The van der Waals surface area contributed by atoms with Crippen LogP contribution in [0.1, 0.15) is 73.1 Å². The zero-order valence-corrected chi connectivity index (χ0v) is 15.6. The molecule has 0 aromatic carbocycles. The minimum Gasteiger partial charge on any atom is -0.372 e. The van der Waals surface area contributed by atoms with Gasteiger partial charge in [-0.25, -0.2) is 0 Å². The van der Waals surface area contributed by atoms with Gasteiger partial charge in [-0.1, -0.05) is 58.6 Å². The summed E-state index contributed by atoms with van der Waals surface area (Å²) in [7, 11) is 0. The first-order valence-corrected chi connectivity index (χ1v) is 9.60. The van der Waals surface area contributed by atoms with Crippen LogP contribution in [0.25, 0.3) is 0 Å². The predicted octanol–water partition coefficient (Wildman–Crippen LogP) is 6.03. The van der Waals surface area contributed by atoms with Crippen LogP contribution in [-0.4, -0.2) is 18.0 Å². The average molecular weight is 304 g/mol. The highest BCUT2D eigenvalue weighted by Crippen LogP contribution is 2.33. The van der Waals surface area contributed by atoms with E-state index >= 15 is 0 Å². The minimum absolute atomic E-state index is 0.761. The van der Waals surface area contributed by atoms with Gasteiger partial charge in [0, 0.05) is 18.8 Å². The van der Waals surface area contributed by atoms with Crippen LogP contribution in [-0.2, 0) is 0 Å². The second-order valence-electron chi connectivity index (χ2n) is 8.36. The molecule has 1 heteroatoms. The van der Waals surface area contributed by atoms with E-state index in [2.05, 4.69) is 51.7 Å². The Balaban J connectivity index is 1.78. The number of piperidine rings is 1. The molecular formula is C21H37N. The second kappa shape index (κ2) is 8.22. The standard InChI is InChI=1S/C21H37N/c1-16(2)7-6-8-19-11-13-22(14-12-19)20-9-10-21(17(3)4)18(5)15-20/h9,15-17,19,21H,6-8,10-14H2,1-5H3. The lowest BCUT2D eigenvalue weighted by Crippen LogP contribution is -2.33. The molecule has 22 heavy (non-hydrogen) atoms. The van der Waals surface area contributed by atoms with Gasteiger partial charge in [-0.15, -0.1) is 0 Å². The molecular weight excluding hydrogens is 266 g/mol. The number of nitrogens with zero attached hydrogens (tertiary/aromatic N) is 1. The largest absolute Gasteiger partial charge is 0.372 e. The zero-order valence-electron chi connectivity index (χ0n) is 15.6. The van der Waals surface area contributed by atoms with Gasteiger partial charge < -0.3 is 4.90 Å². The summed E-state index contributed by atoms with van der Waals surface area (Å²) >= 11 is 0. The van der Waals surface area contributed by atoms with Crippen LogP contribution < -0.4 is 0 Å². The topological polar surface area (TPSA) is 3.24 Å².